The third-order valence-corrected chi connectivity index (χ3v) is 6.27. The molecule has 2 amide bonds. The van der Waals surface area contributed by atoms with Crippen molar-refractivity contribution in [1.82, 2.24) is 14.9 Å². The number of nitrogens with zero attached hydrogens (tertiary/aromatic N) is 2. The minimum Gasteiger partial charge on any atom is -0.461 e. The Balaban J connectivity index is 1.37. The maximum Gasteiger partial charge on any atom is 0.326 e. The minimum absolute atomic E-state index is 0.0158. The molecule has 1 fully saturated rings. The lowest BCUT2D eigenvalue weighted by Crippen LogP contribution is -2.27. The van der Waals surface area contributed by atoms with Crippen LogP contribution < -0.4 is 26.7 Å². The monoisotopic (exact) mass is 508 g/mol. The zero-order valence-corrected chi connectivity index (χ0v) is 20.7. The van der Waals surface area contributed by atoms with Crippen molar-refractivity contribution in [2.75, 3.05) is 37.1 Å². The van der Waals surface area contributed by atoms with Crippen molar-refractivity contribution in [3.05, 3.63) is 70.6 Å². The van der Waals surface area contributed by atoms with E-state index >= 15 is 0 Å². The molecule has 0 spiro atoms. The summed E-state index contributed by atoms with van der Waals surface area (Å²) in [5.74, 6) is 1.06. The SMILES string of the molecule is NCCCN(CCC1CC1)Cc1ccc(-c2c[nH]c(NC(=O)Nc3ccccc3OCF)nc2=O)cc1. The number of alkyl halides is 1. The van der Waals surface area contributed by atoms with Gasteiger partial charge < -0.3 is 20.8 Å². The lowest BCUT2D eigenvalue weighted by atomic mass is 10.1. The summed E-state index contributed by atoms with van der Waals surface area (Å²) in [4.78, 5) is 34.2. The van der Waals surface area contributed by atoms with E-state index < -0.39 is 18.5 Å². The highest BCUT2D eigenvalue weighted by Gasteiger charge is 2.21. The van der Waals surface area contributed by atoms with Gasteiger partial charge in [-0.15, -0.1) is 0 Å². The molecule has 4 rings (SSSR count). The number of anilines is 2. The number of carbonyl (C=O) groups is 1. The normalized spacial score (nSPS) is 12.9. The van der Waals surface area contributed by atoms with Crippen molar-refractivity contribution in [1.29, 1.82) is 0 Å². The molecule has 1 heterocycles. The third-order valence-electron chi connectivity index (χ3n) is 6.27. The van der Waals surface area contributed by atoms with E-state index in [-0.39, 0.29) is 17.4 Å². The maximum atomic E-state index is 12.7. The molecule has 2 aromatic carbocycles. The summed E-state index contributed by atoms with van der Waals surface area (Å²) in [6.45, 7) is 2.56. The molecule has 0 aliphatic heterocycles. The van der Waals surface area contributed by atoms with Gasteiger partial charge in [0.05, 0.1) is 11.3 Å². The summed E-state index contributed by atoms with van der Waals surface area (Å²) >= 11 is 0. The zero-order chi connectivity index (χ0) is 26.0. The number of nitrogens with two attached hydrogens (primary N) is 1. The van der Waals surface area contributed by atoms with Crippen LogP contribution in [-0.4, -0.2) is 47.4 Å². The summed E-state index contributed by atoms with van der Waals surface area (Å²) in [6.07, 6.45) is 6.43. The number of halogens is 1. The van der Waals surface area contributed by atoms with Crippen LogP contribution in [0.3, 0.4) is 0 Å². The number of H-pyrrole nitrogens is 1. The first-order valence-corrected chi connectivity index (χ1v) is 12.5. The van der Waals surface area contributed by atoms with E-state index in [1.54, 1.807) is 18.2 Å². The standard InChI is InChI=1S/C27H33FN6O3/c28-18-37-24-5-2-1-4-23(24)31-27(36)33-26-30-16-22(25(35)32-26)21-10-8-20(9-11-21)17-34(14-3-13-29)15-12-19-6-7-19/h1-2,4-5,8-11,16,19H,3,6-7,12-15,17-18,29H2,(H3,30,31,32,33,35,36). The molecule has 0 radical (unpaired) electrons. The van der Waals surface area contributed by atoms with E-state index in [0.29, 0.717) is 12.1 Å². The van der Waals surface area contributed by atoms with Gasteiger partial charge in [-0.25, -0.2) is 9.18 Å². The summed E-state index contributed by atoms with van der Waals surface area (Å²) < 4.78 is 17.4. The van der Waals surface area contributed by atoms with Gasteiger partial charge in [0.25, 0.3) is 5.56 Å². The van der Waals surface area contributed by atoms with Crippen LogP contribution in [0.4, 0.5) is 20.8 Å². The van der Waals surface area contributed by atoms with Gasteiger partial charge in [0.1, 0.15) is 5.75 Å². The highest BCUT2D eigenvalue weighted by atomic mass is 19.1. The van der Waals surface area contributed by atoms with Crippen LogP contribution in [0.15, 0.2) is 59.5 Å². The van der Waals surface area contributed by atoms with Gasteiger partial charge in [0.15, 0.2) is 0 Å². The van der Waals surface area contributed by atoms with Crippen LogP contribution in [0.1, 0.15) is 31.2 Å². The number of aromatic amines is 1. The summed E-state index contributed by atoms with van der Waals surface area (Å²) in [5, 5.41) is 5.02. The molecule has 1 saturated carbocycles. The molecule has 0 unspecified atom stereocenters. The summed E-state index contributed by atoms with van der Waals surface area (Å²) in [7, 11) is 0. The molecule has 0 bridgehead atoms. The molecule has 3 aromatic rings. The van der Waals surface area contributed by atoms with Gasteiger partial charge in [-0.3, -0.25) is 15.0 Å². The number of carbonyl (C=O) groups excluding carboxylic acids is 1. The summed E-state index contributed by atoms with van der Waals surface area (Å²) in [6, 6.07) is 13.6. The molecule has 9 nitrogen and oxygen atoms in total. The van der Waals surface area contributed by atoms with Gasteiger partial charge in [0.2, 0.25) is 12.8 Å². The van der Waals surface area contributed by atoms with E-state index in [9.17, 15) is 14.0 Å². The first-order valence-electron chi connectivity index (χ1n) is 12.5. The average Bonchev–Trinajstić information content (AvgIpc) is 3.72. The van der Waals surface area contributed by atoms with Crippen LogP contribution in [0.25, 0.3) is 11.1 Å². The van der Waals surface area contributed by atoms with Gasteiger partial charge in [-0.05, 0) is 61.7 Å². The molecule has 1 aromatic heterocycles. The van der Waals surface area contributed by atoms with E-state index in [1.807, 2.05) is 24.3 Å². The number of hydrogen-bond acceptors (Lipinski definition) is 6. The molecular weight excluding hydrogens is 475 g/mol. The number of hydrogen-bond donors (Lipinski definition) is 4. The van der Waals surface area contributed by atoms with E-state index in [1.165, 1.54) is 37.1 Å². The van der Waals surface area contributed by atoms with Crippen LogP contribution in [0, 0.1) is 5.92 Å². The quantitative estimate of drug-likeness (QED) is 0.272. The number of benzene rings is 2. The van der Waals surface area contributed by atoms with Gasteiger partial charge in [-0.2, -0.15) is 4.98 Å². The fourth-order valence-electron chi connectivity index (χ4n) is 4.09. The second-order valence-electron chi connectivity index (χ2n) is 9.14. The second kappa shape index (κ2) is 13.0. The Kier molecular flexibility index (Phi) is 9.23. The average molecular weight is 509 g/mol. The lowest BCUT2D eigenvalue weighted by Gasteiger charge is -2.22. The lowest BCUT2D eigenvalue weighted by molar-refractivity contribution is 0.192. The van der Waals surface area contributed by atoms with Crippen molar-refractivity contribution in [2.45, 2.75) is 32.2 Å². The third kappa shape index (κ3) is 7.86. The Morgan fingerprint density at radius 3 is 2.62 bits per heavy atom. The molecule has 1 aliphatic rings. The number of urea groups is 1. The van der Waals surface area contributed by atoms with Crippen LogP contribution in [-0.2, 0) is 6.54 Å². The molecule has 5 N–H and O–H groups in total. The number of rotatable bonds is 13. The Morgan fingerprint density at radius 1 is 1.14 bits per heavy atom. The van der Waals surface area contributed by atoms with Gasteiger partial charge >= 0.3 is 6.03 Å². The predicted octanol–water partition coefficient (Wildman–Crippen LogP) is 4.34. The van der Waals surface area contributed by atoms with Crippen molar-refractivity contribution in [3.8, 4) is 16.9 Å². The Morgan fingerprint density at radius 2 is 1.92 bits per heavy atom. The maximum absolute atomic E-state index is 12.7. The predicted molar refractivity (Wildman–Crippen MR) is 142 cm³/mol. The molecule has 10 heteroatoms. The Labute approximate surface area is 215 Å². The highest BCUT2D eigenvalue weighted by Crippen LogP contribution is 2.32. The number of ether oxygens (including phenoxy) is 1. The van der Waals surface area contributed by atoms with Crippen LogP contribution in [0.5, 0.6) is 5.75 Å². The van der Waals surface area contributed by atoms with Gasteiger partial charge in [-0.1, -0.05) is 49.2 Å². The summed E-state index contributed by atoms with van der Waals surface area (Å²) in [5.41, 5.74) is 7.83. The molecule has 37 heavy (non-hydrogen) atoms. The smallest absolute Gasteiger partial charge is 0.326 e. The fraction of sp³-hybridized carbons (Fsp3) is 0.370. The number of para-hydroxylation sites is 2. The molecule has 0 saturated heterocycles. The molecule has 196 valence electrons. The molecular formula is C27H33FN6O3. The number of aromatic nitrogens is 2. The fourth-order valence-corrected chi connectivity index (χ4v) is 4.09. The zero-order valence-electron chi connectivity index (χ0n) is 20.7. The van der Waals surface area contributed by atoms with Gasteiger partial charge in [0, 0.05) is 12.7 Å². The van der Waals surface area contributed by atoms with Crippen LogP contribution >= 0.6 is 0 Å². The van der Waals surface area contributed by atoms with Crippen molar-refractivity contribution < 1.29 is 13.9 Å². The molecule has 0 atom stereocenters. The van der Waals surface area contributed by atoms with Crippen molar-refractivity contribution >= 4 is 17.7 Å². The Bertz CT molecular complexity index is 1230. The molecule has 1 aliphatic carbocycles. The first kappa shape index (κ1) is 26.3. The Hall–Kier alpha value is -3.76. The van der Waals surface area contributed by atoms with E-state index in [0.717, 1.165) is 37.5 Å². The topological polar surface area (TPSA) is 125 Å². The van der Waals surface area contributed by atoms with Crippen molar-refractivity contribution in [3.63, 3.8) is 0 Å². The number of nitrogens with one attached hydrogen (secondary N) is 3. The minimum atomic E-state index is -1.02. The van der Waals surface area contributed by atoms with Crippen molar-refractivity contribution in [2.24, 2.45) is 11.7 Å². The van der Waals surface area contributed by atoms with Crippen LogP contribution in [0.2, 0.25) is 0 Å². The first-order chi connectivity index (χ1) is 18.1. The van der Waals surface area contributed by atoms with E-state index in [4.69, 9.17) is 10.5 Å². The number of amides is 2. The van der Waals surface area contributed by atoms with E-state index in [2.05, 4.69) is 25.5 Å². The highest BCUT2D eigenvalue weighted by molar-refractivity contribution is 5.99. The largest absolute Gasteiger partial charge is 0.461 e. The second-order valence-corrected chi connectivity index (χ2v) is 9.14.